The third-order valence-corrected chi connectivity index (χ3v) is 5.64. The maximum absolute atomic E-state index is 12.7. The normalized spacial score (nSPS) is 11.1. The van der Waals surface area contributed by atoms with Crippen LogP contribution in [0.3, 0.4) is 0 Å². The molecular weight excluding hydrogens is 410 g/mol. The van der Waals surface area contributed by atoms with Crippen molar-refractivity contribution in [2.24, 2.45) is 14.1 Å². The molecule has 32 heavy (non-hydrogen) atoms. The number of benzene rings is 1. The molecule has 0 radical (unpaired) electrons. The molecule has 0 unspecified atom stereocenters. The summed E-state index contributed by atoms with van der Waals surface area (Å²) in [7, 11) is 3.04. The lowest BCUT2D eigenvalue weighted by Crippen LogP contribution is -2.38. The van der Waals surface area contributed by atoms with Crippen LogP contribution < -0.4 is 16.6 Å². The van der Waals surface area contributed by atoms with Gasteiger partial charge in [-0.1, -0.05) is 17.3 Å². The van der Waals surface area contributed by atoms with Gasteiger partial charge in [0.2, 0.25) is 5.91 Å². The topological polar surface area (TPSA) is 112 Å². The molecule has 0 aliphatic heterocycles. The Morgan fingerprint density at radius 3 is 2.62 bits per heavy atom. The Morgan fingerprint density at radius 2 is 1.91 bits per heavy atom. The van der Waals surface area contributed by atoms with Gasteiger partial charge >= 0.3 is 5.69 Å². The maximum Gasteiger partial charge on any atom is 0.332 e. The average Bonchev–Trinajstić information content (AvgIpc) is 3.31. The van der Waals surface area contributed by atoms with Crippen molar-refractivity contribution < 1.29 is 9.32 Å². The van der Waals surface area contributed by atoms with Crippen molar-refractivity contribution in [2.45, 2.75) is 26.7 Å². The number of aromatic nitrogens is 4. The summed E-state index contributed by atoms with van der Waals surface area (Å²) in [6.45, 7) is 3.65. The quantitative estimate of drug-likeness (QED) is 0.517. The van der Waals surface area contributed by atoms with Gasteiger partial charge in [-0.25, -0.2) is 9.78 Å². The van der Waals surface area contributed by atoms with Crippen molar-refractivity contribution in [2.75, 3.05) is 5.32 Å². The van der Waals surface area contributed by atoms with E-state index in [9.17, 15) is 14.4 Å². The highest BCUT2D eigenvalue weighted by molar-refractivity contribution is 5.91. The van der Waals surface area contributed by atoms with Gasteiger partial charge in [-0.15, -0.1) is 0 Å². The monoisotopic (exact) mass is 433 g/mol. The molecule has 1 aromatic carbocycles. The summed E-state index contributed by atoms with van der Waals surface area (Å²) in [5.74, 6) is 0.456. The van der Waals surface area contributed by atoms with Crippen LogP contribution in [0.4, 0.5) is 5.69 Å². The van der Waals surface area contributed by atoms with Crippen molar-refractivity contribution in [3.05, 3.63) is 74.2 Å². The Kier molecular flexibility index (Phi) is 5.48. The van der Waals surface area contributed by atoms with Crippen LogP contribution in [0.25, 0.3) is 22.4 Å². The van der Waals surface area contributed by atoms with Gasteiger partial charge in [-0.2, -0.15) is 0 Å². The summed E-state index contributed by atoms with van der Waals surface area (Å²) in [6.07, 6.45) is 2.20. The van der Waals surface area contributed by atoms with Crippen molar-refractivity contribution in [1.82, 2.24) is 19.3 Å². The van der Waals surface area contributed by atoms with Gasteiger partial charge in [-0.05, 0) is 43.5 Å². The van der Waals surface area contributed by atoms with Crippen LogP contribution >= 0.6 is 0 Å². The second-order valence-electron chi connectivity index (χ2n) is 7.71. The van der Waals surface area contributed by atoms with E-state index in [2.05, 4.69) is 15.5 Å². The molecule has 1 N–H and O–H groups in total. The molecule has 0 atom stereocenters. The number of fused-ring (bicyclic) bond motifs is 1. The highest BCUT2D eigenvalue weighted by atomic mass is 16.5. The zero-order chi connectivity index (χ0) is 23.0. The lowest BCUT2D eigenvalue weighted by Gasteiger charge is -2.15. The van der Waals surface area contributed by atoms with Crippen LogP contribution in [0.15, 0.2) is 50.6 Å². The first-order valence-corrected chi connectivity index (χ1v) is 10.1. The largest absolute Gasteiger partial charge is 0.356 e. The minimum absolute atomic E-state index is 0.160. The molecule has 0 saturated carbocycles. The average molecular weight is 433 g/mol. The van der Waals surface area contributed by atoms with Gasteiger partial charge in [0.05, 0.1) is 11.6 Å². The molecular formula is C23H23N5O4. The van der Waals surface area contributed by atoms with Crippen molar-refractivity contribution in [3.63, 3.8) is 0 Å². The maximum atomic E-state index is 12.7. The SMILES string of the molecule is Cc1nc2c(c(C)c1CCC(=O)Nc1cccc(-c3ccno3)c1)c(=O)n(C)c(=O)n2C. The van der Waals surface area contributed by atoms with Crippen LogP contribution in [-0.4, -0.2) is 25.2 Å². The van der Waals surface area contributed by atoms with E-state index in [0.717, 1.165) is 21.3 Å². The first-order valence-electron chi connectivity index (χ1n) is 10.1. The number of nitrogens with zero attached hydrogens (tertiary/aromatic N) is 4. The predicted octanol–water partition coefficient (Wildman–Crippen LogP) is 2.48. The molecule has 164 valence electrons. The molecule has 1 amide bonds. The van der Waals surface area contributed by atoms with Gasteiger partial charge in [0, 0.05) is 43.5 Å². The Hall–Kier alpha value is -4.01. The van der Waals surface area contributed by atoms with E-state index in [1.54, 1.807) is 25.4 Å². The number of rotatable bonds is 5. The van der Waals surface area contributed by atoms with E-state index in [1.807, 2.05) is 32.0 Å². The lowest BCUT2D eigenvalue weighted by atomic mass is 10.00. The summed E-state index contributed by atoms with van der Waals surface area (Å²) in [4.78, 5) is 42.0. The van der Waals surface area contributed by atoms with Gasteiger partial charge in [0.25, 0.3) is 5.56 Å². The lowest BCUT2D eigenvalue weighted by molar-refractivity contribution is -0.116. The number of anilines is 1. The van der Waals surface area contributed by atoms with E-state index in [4.69, 9.17) is 4.52 Å². The van der Waals surface area contributed by atoms with Gasteiger partial charge in [-0.3, -0.25) is 18.7 Å². The number of amides is 1. The van der Waals surface area contributed by atoms with Crippen LogP contribution in [-0.2, 0) is 25.3 Å². The number of hydrogen-bond acceptors (Lipinski definition) is 6. The summed E-state index contributed by atoms with van der Waals surface area (Å²) < 4.78 is 7.61. The number of carbonyl (C=O) groups excluding carboxylic acids is 1. The van der Waals surface area contributed by atoms with Gasteiger partial charge in [0.1, 0.15) is 5.65 Å². The molecule has 0 spiro atoms. The number of hydrogen-bond donors (Lipinski definition) is 1. The Balaban J connectivity index is 1.57. The third-order valence-electron chi connectivity index (χ3n) is 5.64. The molecule has 0 aliphatic carbocycles. The fraction of sp³-hybridized carbons (Fsp3) is 0.261. The molecule has 0 aliphatic rings. The smallest absolute Gasteiger partial charge is 0.332 e. The van der Waals surface area contributed by atoms with Crippen LogP contribution in [0.2, 0.25) is 0 Å². The molecule has 3 aromatic heterocycles. The summed E-state index contributed by atoms with van der Waals surface area (Å²) in [5.41, 5.74) is 3.27. The summed E-state index contributed by atoms with van der Waals surface area (Å²) >= 11 is 0. The van der Waals surface area contributed by atoms with Crippen LogP contribution in [0.1, 0.15) is 23.2 Å². The molecule has 3 heterocycles. The number of aryl methyl sites for hydroxylation is 3. The highest BCUT2D eigenvalue weighted by Gasteiger charge is 2.17. The zero-order valence-corrected chi connectivity index (χ0v) is 18.3. The van der Waals surface area contributed by atoms with E-state index in [0.29, 0.717) is 34.6 Å². The summed E-state index contributed by atoms with van der Waals surface area (Å²) in [6, 6.07) is 9.07. The molecule has 9 heteroatoms. The van der Waals surface area contributed by atoms with Crippen LogP contribution in [0.5, 0.6) is 0 Å². The standard InChI is InChI=1S/C23H23N5O4/c1-13-17(14(2)25-21-20(13)22(30)28(4)23(31)27(21)3)8-9-19(29)26-16-7-5-6-15(12-16)18-10-11-24-32-18/h5-7,10-12H,8-9H2,1-4H3,(H,26,29). The van der Waals surface area contributed by atoms with E-state index in [-0.39, 0.29) is 17.9 Å². The Labute approximate surface area is 183 Å². The number of carbonyl (C=O) groups is 1. The molecule has 0 fully saturated rings. The minimum atomic E-state index is -0.423. The Morgan fingerprint density at radius 1 is 1.12 bits per heavy atom. The summed E-state index contributed by atoms with van der Waals surface area (Å²) in [5, 5.41) is 6.99. The highest BCUT2D eigenvalue weighted by Crippen LogP contribution is 2.23. The Bertz CT molecular complexity index is 1450. The van der Waals surface area contributed by atoms with Crippen LogP contribution in [0, 0.1) is 13.8 Å². The molecule has 4 aromatic rings. The number of pyridine rings is 1. The second-order valence-corrected chi connectivity index (χ2v) is 7.71. The van der Waals surface area contributed by atoms with Crippen molar-refractivity contribution in [1.29, 1.82) is 0 Å². The van der Waals surface area contributed by atoms with Gasteiger partial charge in [0.15, 0.2) is 5.76 Å². The van der Waals surface area contributed by atoms with Gasteiger partial charge < -0.3 is 9.84 Å². The van der Waals surface area contributed by atoms with Crippen molar-refractivity contribution >= 4 is 22.6 Å². The molecule has 0 saturated heterocycles. The third kappa shape index (κ3) is 3.73. The second kappa shape index (κ2) is 8.26. The first-order chi connectivity index (χ1) is 15.3. The van der Waals surface area contributed by atoms with Crippen molar-refractivity contribution in [3.8, 4) is 11.3 Å². The zero-order valence-electron chi connectivity index (χ0n) is 18.3. The molecule has 9 nitrogen and oxygen atoms in total. The first kappa shape index (κ1) is 21.2. The van der Waals surface area contributed by atoms with E-state index < -0.39 is 5.69 Å². The number of nitrogens with one attached hydrogen (secondary N) is 1. The predicted molar refractivity (Wildman–Crippen MR) is 121 cm³/mol. The molecule has 0 bridgehead atoms. The van der Waals surface area contributed by atoms with E-state index in [1.165, 1.54) is 11.6 Å². The minimum Gasteiger partial charge on any atom is -0.356 e. The fourth-order valence-corrected chi connectivity index (χ4v) is 3.89. The van der Waals surface area contributed by atoms with E-state index >= 15 is 0 Å². The fourth-order valence-electron chi connectivity index (χ4n) is 3.89. The molecule has 4 rings (SSSR count).